The van der Waals surface area contributed by atoms with Crippen molar-refractivity contribution in [2.24, 2.45) is 7.05 Å². The number of thiophene rings is 1. The average molecular weight is 249 g/mol. The Labute approximate surface area is 106 Å². The van der Waals surface area contributed by atoms with Crippen LogP contribution < -0.4 is 5.32 Å². The second-order valence-electron chi connectivity index (χ2n) is 4.14. The highest BCUT2D eigenvalue weighted by atomic mass is 32.1. The summed E-state index contributed by atoms with van der Waals surface area (Å²) < 4.78 is 1.87. The Hall–Kier alpha value is -1.13. The predicted molar refractivity (Wildman–Crippen MR) is 72.3 cm³/mol. The van der Waals surface area contributed by atoms with Crippen LogP contribution >= 0.6 is 11.3 Å². The Morgan fingerprint density at radius 2 is 2.35 bits per heavy atom. The van der Waals surface area contributed by atoms with Gasteiger partial charge in [-0.2, -0.15) is 5.10 Å². The first-order valence-corrected chi connectivity index (χ1v) is 6.93. The van der Waals surface area contributed by atoms with Crippen LogP contribution in [0.2, 0.25) is 0 Å². The molecule has 92 valence electrons. The zero-order chi connectivity index (χ0) is 12.1. The Bertz CT molecular complexity index is 433. The summed E-state index contributed by atoms with van der Waals surface area (Å²) >= 11 is 1.83. The molecular weight excluding hydrogens is 230 g/mol. The molecule has 0 amide bonds. The monoisotopic (exact) mass is 249 g/mol. The van der Waals surface area contributed by atoms with Crippen LogP contribution in [0.25, 0.3) is 0 Å². The molecule has 0 aliphatic heterocycles. The highest BCUT2D eigenvalue weighted by molar-refractivity contribution is 7.09. The van der Waals surface area contributed by atoms with Gasteiger partial charge in [0.1, 0.15) is 0 Å². The quantitative estimate of drug-likeness (QED) is 0.853. The van der Waals surface area contributed by atoms with Gasteiger partial charge in [0.2, 0.25) is 0 Å². The fourth-order valence-corrected chi connectivity index (χ4v) is 2.69. The summed E-state index contributed by atoms with van der Waals surface area (Å²) in [6.45, 7) is 3.12. The van der Waals surface area contributed by atoms with Crippen LogP contribution in [-0.2, 0) is 13.5 Å². The van der Waals surface area contributed by atoms with Gasteiger partial charge in [0.05, 0.1) is 11.7 Å². The zero-order valence-corrected chi connectivity index (χ0v) is 11.2. The molecular formula is C13H19N3S. The van der Waals surface area contributed by atoms with Crippen LogP contribution in [0.4, 0.5) is 0 Å². The Morgan fingerprint density at radius 3 is 2.94 bits per heavy atom. The highest BCUT2D eigenvalue weighted by Crippen LogP contribution is 2.19. The van der Waals surface area contributed by atoms with E-state index in [0.717, 1.165) is 25.1 Å². The molecule has 2 heterocycles. The van der Waals surface area contributed by atoms with Crippen molar-refractivity contribution in [2.45, 2.75) is 25.8 Å². The molecule has 2 aromatic rings. The number of nitrogens with zero attached hydrogens (tertiary/aromatic N) is 2. The van der Waals surface area contributed by atoms with Gasteiger partial charge in [0, 0.05) is 18.1 Å². The van der Waals surface area contributed by atoms with Gasteiger partial charge >= 0.3 is 0 Å². The zero-order valence-electron chi connectivity index (χ0n) is 10.4. The van der Waals surface area contributed by atoms with Crippen molar-refractivity contribution in [1.29, 1.82) is 0 Å². The maximum absolute atomic E-state index is 4.49. The van der Waals surface area contributed by atoms with Gasteiger partial charge in [-0.1, -0.05) is 13.0 Å². The molecule has 0 saturated carbocycles. The normalized spacial score (nSPS) is 12.8. The van der Waals surface area contributed by atoms with Gasteiger partial charge < -0.3 is 5.32 Å². The third-order valence-corrected chi connectivity index (χ3v) is 3.74. The molecule has 0 bridgehead atoms. The van der Waals surface area contributed by atoms with E-state index < -0.39 is 0 Å². The largest absolute Gasteiger partial charge is 0.309 e. The van der Waals surface area contributed by atoms with E-state index in [0.29, 0.717) is 6.04 Å². The molecule has 1 atom stereocenters. The van der Waals surface area contributed by atoms with Crippen LogP contribution in [0.5, 0.6) is 0 Å². The summed E-state index contributed by atoms with van der Waals surface area (Å²) in [5, 5.41) is 10.1. The van der Waals surface area contributed by atoms with Crippen molar-refractivity contribution in [1.82, 2.24) is 15.1 Å². The minimum atomic E-state index is 0.364. The van der Waals surface area contributed by atoms with Crippen molar-refractivity contribution in [3.05, 3.63) is 40.3 Å². The van der Waals surface area contributed by atoms with Crippen molar-refractivity contribution in [3.63, 3.8) is 0 Å². The van der Waals surface area contributed by atoms with Gasteiger partial charge in [0.25, 0.3) is 0 Å². The fraction of sp³-hybridized carbons (Fsp3) is 0.462. The number of hydrogen-bond acceptors (Lipinski definition) is 3. The third kappa shape index (κ3) is 3.41. The van der Waals surface area contributed by atoms with Gasteiger partial charge in [-0.05, 0) is 36.9 Å². The van der Waals surface area contributed by atoms with E-state index in [1.165, 1.54) is 4.88 Å². The fourth-order valence-electron chi connectivity index (χ4n) is 1.96. The van der Waals surface area contributed by atoms with Gasteiger partial charge in [-0.25, -0.2) is 0 Å². The van der Waals surface area contributed by atoms with Crippen molar-refractivity contribution >= 4 is 11.3 Å². The Morgan fingerprint density at radius 1 is 1.47 bits per heavy atom. The number of rotatable bonds is 6. The van der Waals surface area contributed by atoms with Crippen LogP contribution in [-0.4, -0.2) is 16.3 Å². The lowest BCUT2D eigenvalue weighted by Gasteiger charge is -2.15. The molecule has 2 rings (SSSR count). The first kappa shape index (κ1) is 12.3. The first-order valence-electron chi connectivity index (χ1n) is 6.05. The third-order valence-electron chi connectivity index (χ3n) is 2.80. The average Bonchev–Trinajstić information content (AvgIpc) is 2.95. The van der Waals surface area contributed by atoms with E-state index in [9.17, 15) is 0 Å². The number of aryl methyl sites for hydroxylation is 2. The van der Waals surface area contributed by atoms with Crippen LogP contribution in [0.3, 0.4) is 0 Å². The summed E-state index contributed by atoms with van der Waals surface area (Å²) in [6, 6.07) is 6.78. The lowest BCUT2D eigenvalue weighted by molar-refractivity contribution is 0.498. The Balaban J connectivity index is 1.97. The molecule has 0 radical (unpaired) electrons. The highest BCUT2D eigenvalue weighted by Gasteiger charge is 2.13. The SMILES string of the molecule is CCNC(CCc1cccs1)c1ccn(C)n1. The lowest BCUT2D eigenvalue weighted by atomic mass is 10.1. The summed E-state index contributed by atoms with van der Waals surface area (Å²) in [6.07, 6.45) is 4.22. The Kier molecular flexibility index (Phi) is 4.34. The maximum Gasteiger partial charge on any atom is 0.0793 e. The van der Waals surface area contributed by atoms with E-state index >= 15 is 0 Å². The molecule has 0 aromatic carbocycles. The van der Waals surface area contributed by atoms with Crippen molar-refractivity contribution in [3.8, 4) is 0 Å². The van der Waals surface area contributed by atoms with Crippen molar-refractivity contribution in [2.75, 3.05) is 6.54 Å². The van der Waals surface area contributed by atoms with Crippen molar-refractivity contribution < 1.29 is 0 Å². The number of hydrogen-bond donors (Lipinski definition) is 1. The number of aromatic nitrogens is 2. The minimum absolute atomic E-state index is 0.364. The second kappa shape index (κ2) is 5.98. The summed E-state index contributed by atoms with van der Waals surface area (Å²) in [5.41, 5.74) is 1.14. The predicted octanol–water partition coefficient (Wildman–Crippen LogP) is 2.77. The summed E-state index contributed by atoms with van der Waals surface area (Å²) in [4.78, 5) is 1.45. The molecule has 0 fully saturated rings. The van der Waals surface area contributed by atoms with Crippen LogP contribution in [0.1, 0.15) is 30.0 Å². The molecule has 3 nitrogen and oxygen atoms in total. The molecule has 0 saturated heterocycles. The molecule has 0 aliphatic rings. The molecule has 1 unspecified atom stereocenters. The first-order chi connectivity index (χ1) is 8.29. The minimum Gasteiger partial charge on any atom is -0.309 e. The summed E-state index contributed by atoms with van der Waals surface area (Å²) in [5.74, 6) is 0. The summed E-state index contributed by atoms with van der Waals surface area (Å²) in [7, 11) is 1.96. The van der Waals surface area contributed by atoms with Gasteiger partial charge in [-0.15, -0.1) is 11.3 Å². The van der Waals surface area contributed by atoms with Crippen LogP contribution in [0, 0.1) is 0 Å². The molecule has 0 aliphatic carbocycles. The van der Waals surface area contributed by atoms with E-state index in [1.54, 1.807) is 0 Å². The molecule has 2 aromatic heterocycles. The standard InChI is InChI=1S/C13H19N3S/c1-3-14-12(13-8-9-16(2)15-13)7-6-11-5-4-10-17-11/h4-5,8-10,12,14H,3,6-7H2,1-2H3. The van der Waals surface area contributed by atoms with E-state index in [1.807, 2.05) is 29.3 Å². The maximum atomic E-state index is 4.49. The molecule has 17 heavy (non-hydrogen) atoms. The van der Waals surface area contributed by atoms with E-state index in [-0.39, 0.29) is 0 Å². The molecule has 0 spiro atoms. The van der Waals surface area contributed by atoms with Gasteiger partial charge in [-0.3, -0.25) is 4.68 Å². The smallest absolute Gasteiger partial charge is 0.0793 e. The lowest BCUT2D eigenvalue weighted by Crippen LogP contribution is -2.22. The van der Waals surface area contributed by atoms with E-state index in [2.05, 4.69) is 40.9 Å². The van der Waals surface area contributed by atoms with E-state index in [4.69, 9.17) is 0 Å². The second-order valence-corrected chi connectivity index (χ2v) is 5.17. The van der Waals surface area contributed by atoms with Crippen LogP contribution in [0.15, 0.2) is 29.8 Å². The molecule has 4 heteroatoms. The number of nitrogens with one attached hydrogen (secondary N) is 1. The van der Waals surface area contributed by atoms with Gasteiger partial charge in [0.15, 0.2) is 0 Å². The topological polar surface area (TPSA) is 29.9 Å². The molecule has 1 N–H and O–H groups in total.